The van der Waals surface area contributed by atoms with E-state index in [0.29, 0.717) is 0 Å². The predicted octanol–water partition coefficient (Wildman–Crippen LogP) is -0.320. The third-order valence-electron chi connectivity index (χ3n) is 0.932. The first-order chi connectivity index (χ1) is 4.61. The molecule has 0 atom stereocenters. The number of hydrogen-bond acceptors (Lipinski definition) is 3. The number of hydrogen-bond donors (Lipinski definition) is 1. The maximum atomic E-state index is 10.3. The molecule has 1 heterocycles. The first-order valence-corrected chi connectivity index (χ1v) is 3.92. The fourth-order valence-corrected chi connectivity index (χ4v) is 0.944. The standard InChI is InChI=1S/C5H5NO3S.K.H/c7-10(8,9)5-2-1-3-6-4-5;;/h1-4H,(H,7,8,9);;. The van der Waals surface area contributed by atoms with Crippen LogP contribution in [0.15, 0.2) is 29.4 Å². The summed E-state index contributed by atoms with van der Waals surface area (Å²) in [5.41, 5.74) is 0. The van der Waals surface area contributed by atoms with Gasteiger partial charge in [0.1, 0.15) is 4.90 Å². The van der Waals surface area contributed by atoms with Crippen LogP contribution in [-0.4, -0.2) is 69.3 Å². The molecule has 6 heteroatoms. The number of aromatic nitrogens is 1. The van der Waals surface area contributed by atoms with Gasteiger partial charge in [0.15, 0.2) is 0 Å². The quantitative estimate of drug-likeness (QED) is 0.497. The van der Waals surface area contributed by atoms with Gasteiger partial charge in [0.2, 0.25) is 0 Å². The molecule has 0 aliphatic heterocycles. The third-order valence-corrected chi connectivity index (χ3v) is 1.77. The Kier molecular flexibility index (Phi) is 4.95. The molecule has 1 aromatic heterocycles. The maximum absolute atomic E-state index is 10.3. The molecular weight excluding hydrogens is 193 g/mol. The molecular formula is C5H6KNO3S. The van der Waals surface area contributed by atoms with E-state index in [4.69, 9.17) is 4.55 Å². The second kappa shape index (κ2) is 4.66. The minimum atomic E-state index is -4.07. The van der Waals surface area contributed by atoms with Crippen molar-refractivity contribution in [3.63, 3.8) is 0 Å². The summed E-state index contributed by atoms with van der Waals surface area (Å²) in [4.78, 5) is 3.33. The molecule has 0 saturated carbocycles. The Morgan fingerprint density at radius 1 is 1.45 bits per heavy atom. The van der Waals surface area contributed by atoms with Crippen molar-refractivity contribution in [2.75, 3.05) is 0 Å². The van der Waals surface area contributed by atoms with Gasteiger partial charge < -0.3 is 0 Å². The molecule has 1 N–H and O–H groups in total. The summed E-state index contributed by atoms with van der Waals surface area (Å²) in [7, 11) is -4.07. The molecule has 4 nitrogen and oxygen atoms in total. The number of pyridine rings is 1. The summed E-state index contributed by atoms with van der Waals surface area (Å²) < 4.78 is 29.1. The Balaban J connectivity index is 0.000001000. The minimum absolute atomic E-state index is 0. The van der Waals surface area contributed by atoms with Crippen LogP contribution in [-0.2, 0) is 10.1 Å². The Hall–Kier alpha value is 0.696. The summed E-state index contributed by atoms with van der Waals surface area (Å²) in [5, 5.41) is 0. The topological polar surface area (TPSA) is 67.3 Å². The van der Waals surface area contributed by atoms with Gasteiger partial charge in [-0.3, -0.25) is 9.54 Å². The van der Waals surface area contributed by atoms with Crippen LogP contribution in [0.25, 0.3) is 0 Å². The first kappa shape index (κ1) is 11.7. The van der Waals surface area contributed by atoms with Crippen LogP contribution < -0.4 is 0 Å². The molecule has 0 fully saturated rings. The van der Waals surface area contributed by atoms with E-state index in [1.807, 2.05) is 0 Å². The molecule has 0 amide bonds. The molecule has 0 aliphatic rings. The van der Waals surface area contributed by atoms with Gasteiger partial charge >= 0.3 is 51.4 Å². The molecule has 1 aromatic rings. The SMILES string of the molecule is O=S(=O)(O)c1cccnc1.[KH]. The van der Waals surface area contributed by atoms with E-state index in [-0.39, 0.29) is 56.3 Å². The van der Waals surface area contributed by atoms with Crippen LogP contribution in [0.1, 0.15) is 0 Å². The van der Waals surface area contributed by atoms with Crippen LogP contribution in [0, 0.1) is 0 Å². The van der Waals surface area contributed by atoms with Gasteiger partial charge in [-0.05, 0) is 12.1 Å². The first-order valence-electron chi connectivity index (χ1n) is 2.48. The van der Waals surface area contributed by atoms with Crippen molar-refractivity contribution < 1.29 is 13.0 Å². The normalized spacial score (nSPS) is 10.3. The Morgan fingerprint density at radius 2 is 2.09 bits per heavy atom. The summed E-state index contributed by atoms with van der Waals surface area (Å²) in [6.45, 7) is 0. The molecule has 1 rings (SSSR count). The fourth-order valence-electron chi connectivity index (χ4n) is 0.500. The molecule has 0 radical (unpaired) electrons. The summed E-state index contributed by atoms with van der Waals surface area (Å²) in [6.07, 6.45) is 2.50. The van der Waals surface area contributed by atoms with Crippen molar-refractivity contribution in [2.24, 2.45) is 0 Å². The van der Waals surface area contributed by atoms with E-state index in [2.05, 4.69) is 4.98 Å². The zero-order valence-electron chi connectivity index (χ0n) is 4.93. The average molecular weight is 199 g/mol. The van der Waals surface area contributed by atoms with Gasteiger partial charge in [0, 0.05) is 12.4 Å². The van der Waals surface area contributed by atoms with E-state index in [1.165, 1.54) is 18.3 Å². The Bertz CT molecular complexity index is 310. The zero-order chi connectivity index (χ0) is 7.61. The molecule has 0 aromatic carbocycles. The average Bonchev–Trinajstić information content (AvgIpc) is 1.88. The molecule has 56 valence electrons. The second-order valence-corrected chi connectivity index (χ2v) is 3.09. The van der Waals surface area contributed by atoms with Gasteiger partial charge in [-0.1, -0.05) is 0 Å². The van der Waals surface area contributed by atoms with Crippen LogP contribution in [0.4, 0.5) is 0 Å². The van der Waals surface area contributed by atoms with Crippen molar-refractivity contribution in [1.29, 1.82) is 0 Å². The molecule has 11 heavy (non-hydrogen) atoms. The van der Waals surface area contributed by atoms with Gasteiger partial charge in [-0.25, -0.2) is 0 Å². The van der Waals surface area contributed by atoms with Crippen LogP contribution >= 0.6 is 0 Å². The third kappa shape index (κ3) is 3.75. The number of nitrogens with zero attached hydrogens (tertiary/aromatic N) is 1. The van der Waals surface area contributed by atoms with Gasteiger partial charge in [0.05, 0.1) is 0 Å². The second-order valence-electron chi connectivity index (χ2n) is 1.66. The van der Waals surface area contributed by atoms with Gasteiger partial charge in [-0.15, -0.1) is 0 Å². The molecule has 0 bridgehead atoms. The van der Waals surface area contributed by atoms with Crippen molar-refractivity contribution >= 4 is 61.5 Å². The van der Waals surface area contributed by atoms with E-state index < -0.39 is 10.1 Å². The fraction of sp³-hybridized carbons (Fsp3) is 0. The van der Waals surface area contributed by atoms with Crippen molar-refractivity contribution in [2.45, 2.75) is 4.90 Å². The van der Waals surface area contributed by atoms with Crippen molar-refractivity contribution in [3.8, 4) is 0 Å². The molecule has 0 aliphatic carbocycles. The zero-order valence-corrected chi connectivity index (χ0v) is 5.75. The van der Waals surface area contributed by atoms with Crippen LogP contribution in [0.3, 0.4) is 0 Å². The van der Waals surface area contributed by atoms with Gasteiger partial charge in [0.25, 0.3) is 10.1 Å². The van der Waals surface area contributed by atoms with Crippen molar-refractivity contribution in [1.82, 2.24) is 4.98 Å². The monoisotopic (exact) mass is 199 g/mol. The Morgan fingerprint density at radius 3 is 2.36 bits per heavy atom. The molecule has 0 unspecified atom stereocenters. The van der Waals surface area contributed by atoms with E-state index in [0.717, 1.165) is 6.20 Å². The van der Waals surface area contributed by atoms with Crippen LogP contribution in [0.2, 0.25) is 0 Å². The Labute approximate surface area is 107 Å². The summed E-state index contributed by atoms with van der Waals surface area (Å²) >= 11 is 0. The molecule has 0 spiro atoms. The van der Waals surface area contributed by atoms with Crippen LogP contribution in [0.5, 0.6) is 0 Å². The number of rotatable bonds is 1. The van der Waals surface area contributed by atoms with E-state index in [1.54, 1.807) is 0 Å². The van der Waals surface area contributed by atoms with Crippen molar-refractivity contribution in [3.05, 3.63) is 24.5 Å². The van der Waals surface area contributed by atoms with E-state index >= 15 is 0 Å². The summed E-state index contributed by atoms with van der Waals surface area (Å²) in [5.74, 6) is 0. The van der Waals surface area contributed by atoms with E-state index in [9.17, 15) is 8.42 Å². The summed E-state index contributed by atoms with van der Waals surface area (Å²) in [6, 6.07) is 2.70. The predicted molar refractivity (Wildman–Crippen MR) is 41.2 cm³/mol. The molecule has 0 saturated heterocycles. The van der Waals surface area contributed by atoms with Gasteiger partial charge in [-0.2, -0.15) is 8.42 Å².